The molecule has 1 aliphatic heterocycles. The largest absolute Gasteiger partial charge is 0.334 e. The summed E-state index contributed by atoms with van der Waals surface area (Å²) in [6.07, 6.45) is 4.30. The molecule has 1 amide bonds. The predicted octanol–water partition coefficient (Wildman–Crippen LogP) is 2.57. The van der Waals surface area contributed by atoms with E-state index in [2.05, 4.69) is 40.8 Å². The smallest absolute Gasteiger partial charge is 0.224 e. The van der Waals surface area contributed by atoms with Crippen LogP contribution < -0.4 is 5.32 Å². The lowest BCUT2D eigenvalue weighted by Gasteiger charge is -2.36. The fourth-order valence-electron chi connectivity index (χ4n) is 3.35. The fourth-order valence-corrected chi connectivity index (χ4v) is 3.35. The van der Waals surface area contributed by atoms with E-state index in [9.17, 15) is 4.79 Å². The highest BCUT2D eigenvalue weighted by Crippen LogP contribution is 2.23. The number of hydrogen-bond donors (Lipinski definition) is 1. The first-order chi connectivity index (χ1) is 11.7. The quantitative estimate of drug-likeness (QED) is 0.919. The van der Waals surface area contributed by atoms with E-state index in [-0.39, 0.29) is 11.9 Å². The minimum atomic E-state index is 0.125. The van der Waals surface area contributed by atoms with Crippen molar-refractivity contribution in [2.45, 2.75) is 38.8 Å². The van der Waals surface area contributed by atoms with Crippen LogP contribution in [0.2, 0.25) is 0 Å². The summed E-state index contributed by atoms with van der Waals surface area (Å²) < 4.78 is 2.10. The van der Waals surface area contributed by atoms with Gasteiger partial charge in [-0.05, 0) is 5.56 Å². The van der Waals surface area contributed by atoms with Gasteiger partial charge in [0.1, 0.15) is 5.82 Å². The number of nitrogens with one attached hydrogen (secondary N) is 1. The molecular formula is C19H26N4O. The normalized spacial score (nSPS) is 18.1. The molecule has 1 aliphatic rings. The van der Waals surface area contributed by atoms with Crippen LogP contribution in [0.4, 0.5) is 0 Å². The Labute approximate surface area is 143 Å². The van der Waals surface area contributed by atoms with Crippen LogP contribution in [0, 0.1) is 0 Å². The molecule has 2 heterocycles. The lowest BCUT2D eigenvalue weighted by Crippen LogP contribution is -2.48. The number of aryl methyl sites for hydroxylation is 1. The first-order valence-corrected chi connectivity index (χ1v) is 8.73. The third-order valence-corrected chi connectivity index (χ3v) is 4.58. The van der Waals surface area contributed by atoms with Crippen molar-refractivity contribution in [3.63, 3.8) is 0 Å². The standard InChI is InChI=1S/C19H26N4O/c1-15(2)19-21-10-12-22(19)11-8-18(24)23-13-9-20-14-17(23)16-6-4-3-5-7-16/h3-7,10,12,15,17,20H,8-9,11,13-14H2,1-2H3/t17-/m0/s1. The average Bonchev–Trinajstić information content (AvgIpc) is 3.09. The van der Waals surface area contributed by atoms with Gasteiger partial charge in [0.15, 0.2) is 0 Å². The van der Waals surface area contributed by atoms with Crippen LogP contribution in [0.5, 0.6) is 0 Å². The zero-order chi connectivity index (χ0) is 16.9. The van der Waals surface area contributed by atoms with E-state index in [1.807, 2.05) is 35.5 Å². The predicted molar refractivity (Wildman–Crippen MR) is 94.7 cm³/mol. The summed E-state index contributed by atoms with van der Waals surface area (Å²) in [4.78, 5) is 19.2. The molecule has 128 valence electrons. The van der Waals surface area contributed by atoms with Gasteiger partial charge in [-0.25, -0.2) is 4.98 Å². The molecule has 5 heteroatoms. The maximum Gasteiger partial charge on any atom is 0.224 e. The molecule has 0 radical (unpaired) electrons. The van der Waals surface area contributed by atoms with Crippen LogP contribution in [0.3, 0.4) is 0 Å². The number of amides is 1. The second-order valence-electron chi connectivity index (χ2n) is 6.60. The van der Waals surface area contributed by atoms with Crippen molar-refractivity contribution >= 4 is 5.91 Å². The van der Waals surface area contributed by atoms with Crippen molar-refractivity contribution in [1.29, 1.82) is 0 Å². The number of imidazole rings is 1. The van der Waals surface area contributed by atoms with Gasteiger partial charge in [-0.3, -0.25) is 4.79 Å². The van der Waals surface area contributed by atoms with Crippen LogP contribution in [0.1, 0.15) is 43.6 Å². The molecule has 24 heavy (non-hydrogen) atoms. The van der Waals surface area contributed by atoms with E-state index >= 15 is 0 Å². The Morgan fingerprint density at radius 2 is 2.12 bits per heavy atom. The second-order valence-corrected chi connectivity index (χ2v) is 6.60. The highest BCUT2D eigenvalue weighted by molar-refractivity contribution is 5.77. The number of nitrogens with zero attached hydrogens (tertiary/aromatic N) is 3. The number of piperazine rings is 1. The van der Waals surface area contributed by atoms with Gasteiger partial charge in [0, 0.05) is 50.9 Å². The molecule has 0 saturated carbocycles. The molecule has 2 aromatic rings. The van der Waals surface area contributed by atoms with Crippen molar-refractivity contribution in [3.05, 3.63) is 54.1 Å². The van der Waals surface area contributed by atoms with Crippen molar-refractivity contribution in [2.75, 3.05) is 19.6 Å². The van der Waals surface area contributed by atoms with Crippen LogP contribution >= 0.6 is 0 Å². The molecule has 1 aromatic heterocycles. The van der Waals surface area contributed by atoms with Crippen molar-refractivity contribution in [1.82, 2.24) is 19.8 Å². The topological polar surface area (TPSA) is 50.2 Å². The Bertz CT molecular complexity index is 665. The van der Waals surface area contributed by atoms with E-state index in [4.69, 9.17) is 0 Å². The Morgan fingerprint density at radius 1 is 1.33 bits per heavy atom. The molecule has 5 nitrogen and oxygen atoms in total. The van der Waals surface area contributed by atoms with Crippen molar-refractivity contribution in [2.24, 2.45) is 0 Å². The van der Waals surface area contributed by atoms with Gasteiger partial charge in [-0.2, -0.15) is 0 Å². The maximum absolute atomic E-state index is 12.8. The van der Waals surface area contributed by atoms with Crippen molar-refractivity contribution < 1.29 is 4.79 Å². The first kappa shape index (κ1) is 16.7. The Morgan fingerprint density at radius 3 is 2.88 bits per heavy atom. The molecule has 0 spiro atoms. The lowest BCUT2D eigenvalue weighted by atomic mass is 10.0. The summed E-state index contributed by atoms with van der Waals surface area (Å²) in [5, 5.41) is 3.40. The zero-order valence-electron chi connectivity index (χ0n) is 14.5. The number of hydrogen-bond acceptors (Lipinski definition) is 3. The Kier molecular flexibility index (Phi) is 5.30. The van der Waals surface area contributed by atoms with Crippen LogP contribution in [-0.2, 0) is 11.3 Å². The van der Waals surface area contributed by atoms with Crippen LogP contribution in [-0.4, -0.2) is 40.0 Å². The van der Waals surface area contributed by atoms with Crippen LogP contribution in [0.15, 0.2) is 42.7 Å². The van der Waals surface area contributed by atoms with E-state index in [1.165, 1.54) is 5.56 Å². The molecule has 0 aliphatic carbocycles. The number of benzene rings is 1. The second kappa shape index (κ2) is 7.62. The summed E-state index contributed by atoms with van der Waals surface area (Å²) in [6, 6.07) is 10.4. The first-order valence-electron chi connectivity index (χ1n) is 8.73. The average molecular weight is 326 g/mol. The Balaban J connectivity index is 1.67. The summed E-state index contributed by atoms with van der Waals surface area (Å²) in [7, 11) is 0. The molecule has 3 rings (SSSR count). The van der Waals surface area contributed by atoms with Gasteiger partial charge in [-0.1, -0.05) is 44.2 Å². The third kappa shape index (κ3) is 3.67. The van der Waals surface area contributed by atoms with E-state index in [0.717, 1.165) is 25.5 Å². The Hall–Kier alpha value is -2.14. The summed E-state index contributed by atoms with van der Waals surface area (Å²) in [5.74, 6) is 1.63. The SMILES string of the molecule is CC(C)c1nccn1CCC(=O)N1CCNC[C@H]1c1ccccc1. The number of aromatic nitrogens is 2. The molecule has 0 unspecified atom stereocenters. The fraction of sp³-hybridized carbons (Fsp3) is 0.474. The van der Waals surface area contributed by atoms with Gasteiger partial charge in [0.05, 0.1) is 6.04 Å². The number of carbonyl (C=O) groups is 1. The summed E-state index contributed by atoms with van der Waals surface area (Å²) in [5.41, 5.74) is 1.20. The number of carbonyl (C=O) groups excluding carboxylic acids is 1. The van der Waals surface area contributed by atoms with E-state index < -0.39 is 0 Å². The molecule has 1 aromatic carbocycles. The minimum absolute atomic E-state index is 0.125. The minimum Gasteiger partial charge on any atom is -0.334 e. The maximum atomic E-state index is 12.8. The molecular weight excluding hydrogens is 300 g/mol. The highest BCUT2D eigenvalue weighted by Gasteiger charge is 2.27. The summed E-state index contributed by atoms with van der Waals surface area (Å²) in [6.45, 7) is 7.39. The van der Waals surface area contributed by atoms with Gasteiger partial charge in [0.2, 0.25) is 5.91 Å². The van der Waals surface area contributed by atoms with Gasteiger partial charge in [-0.15, -0.1) is 0 Å². The van der Waals surface area contributed by atoms with E-state index in [1.54, 1.807) is 0 Å². The van der Waals surface area contributed by atoms with Gasteiger partial charge < -0.3 is 14.8 Å². The van der Waals surface area contributed by atoms with Crippen molar-refractivity contribution in [3.8, 4) is 0 Å². The summed E-state index contributed by atoms with van der Waals surface area (Å²) >= 11 is 0. The number of rotatable bonds is 5. The van der Waals surface area contributed by atoms with Gasteiger partial charge >= 0.3 is 0 Å². The molecule has 1 N–H and O–H groups in total. The monoisotopic (exact) mass is 326 g/mol. The van der Waals surface area contributed by atoms with Gasteiger partial charge in [0.25, 0.3) is 0 Å². The third-order valence-electron chi connectivity index (χ3n) is 4.58. The lowest BCUT2D eigenvalue weighted by molar-refractivity contribution is -0.134. The molecule has 0 bridgehead atoms. The van der Waals surface area contributed by atoms with E-state index in [0.29, 0.717) is 18.9 Å². The molecule has 1 saturated heterocycles. The molecule has 1 fully saturated rings. The molecule has 1 atom stereocenters. The zero-order valence-corrected chi connectivity index (χ0v) is 14.5. The van der Waals surface area contributed by atoms with Crippen LogP contribution in [0.25, 0.3) is 0 Å². The highest BCUT2D eigenvalue weighted by atomic mass is 16.2.